The Balaban J connectivity index is 2.67. The zero-order chi connectivity index (χ0) is 11.5. The highest BCUT2D eigenvalue weighted by Crippen LogP contribution is 1.91. The number of H-pyrrole nitrogens is 1. The van der Waals surface area contributed by atoms with Gasteiger partial charge in [0.1, 0.15) is 9.84 Å². The smallest absolute Gasteiger partial charge is 0.301 e. The van der Waals surface area contributed by atoms with Gasteiger partial charge >= 0.3 is 5.69 Å². The molecule has 0 amide bonds. The number of sulfone groups is 1. The van der Waals surface area contributed by atoms with Crippen molar-refractivity contribution in [3.63, 3.8) is 0 Å². The summed E-state index contributed by atoms with van der Waals surface area (Å²) in [5.41, 5.74) is -0.977. The molecule has 1 rings (SSSR count). The third-order valence-electron chi connectivity index (χ3n) is 1.81. The molecule has 7 heteroatoms. The fourth-order valence-electron chi connectivity index (χ4n) is 1.12. The van der Waals surface area contributed by atoms with E-state index in [4.69, 9.17) is 0 Å². The maximum atomic E-state index is 11.2. The molecule has 0 fully saturated rings. The third kappa shape index (κ3) is 4.11. The van der Waals surface area contributed by atoms with Crippen molar-refractivity contribution < 1.29 is 8.42 Å². The average Bonchev–Trinajstić information content (AvgIpc) is 2.07. The minimum atomic E-state index is -3.00. The van der Waals surface area contributed by atoms with Crippen molar-refractivity contribution in [2.75, 3.05) is 12.0 Å². The molecule has 0 unspecified atom stereocenters. The zero-order valence-electron chi connectivity index (χ0n) is 8.26. The Hall–Kier alpha value is -1.37. The molecule has 0 aliphatic carbocycles. The lowest BCUT2D eigenvalue weighted by Crippen LogP contribution is -2.29. The molecule has 15 heavy (non-hydrogen) atoms. The molecule has 0 saturated heterocycles. The van der Waals surface area contributed by atoms with Crippen molar-refractivity contribution in [3.05, 3.63) is 33.1 Å². The molecule has 0 aromatic carbocycles. The van der Waals surface area contributed by atoms with E-state index in [0.717, 1.165) is 6.26 Å². The second-order valence-electron chi connectivity index (χ2n) is 3.29. The maximum Gasteiger partial charge on any atom is 0.328 e. The Bertz CT molecular complexity index is 540. The van der Waals surface area contributed by atoms with Gasteiger partial charge in [0.25, 0.3) is 5.56 Å². The molecule has 1 N–H and O–H groups in total. The van der Waals surface area contributed by atoms with Gasteiger partial charge in [-0.25, -0.2) is 13.2 Å². The van der Waals surface area contributed by atoms with E-state index in [1.165, 1.54) is 16.8 Å². The highest BCUT2D eigenvalue weighted by molar-refractivity contribution is 7.90. The largest absolute Gasteiger partial charge is 0.328 e. The maximum absolute atomic E-state index is 11.2. The molecule has 1 aromatic rings. The van der Waals surface area contributed by atoms with E-state index >= 15 is 0 Å². The predicted octanol–water partition coefficient (Wildman–Crippen LogP) is -1.03. The molecule has 84 valence electrons. The van der Waals surface area contributed by atoms with Crippen LogP contribution in [-0.2, 0) is 16.4 Å². The fraction of sp³-hybridized carbons (Fsp3) is 0.500. The summed E-state index contributed by atoms with van der Waals surface area (Å²) in [5, 5.41) is 0. The third-order valence-corrected chi connectivity index (χ3v) is 2.84. The summed E-state index contributed by atoms with van der Waals surface area (Å²) >= 11 is 0. The van der Waals surface area contributed by atoms with Gasteiger partial charge in [-0.1, -0.05) is 0 Å². The van der Waals surface area contributed by atoms with Gasteiger partial charge in [0.2, 0.25) is 0 Å². The van der Waals surface area contributed by atoms with Crippen LogP contribution in [0.25, 0.3) is 0 Å². The van der Waals surface area contributed by atoms with Gasteiger partial charge in [-0.15, -0.1) is 0 Å². The molecule has 0 spiro atoms. The minimum absolute atomic E-state index is 0.0264. The van der Waals surface area contributed by atoms with E-state index in [1.807, 2.05) is 0 Å². The first-order valence-electron chi connectivity index (χ1n) is 4.36. The van der Waals surface area contributed by atoms with Crippen LogP contribution in [0.4, 0.5) is 0 Å². The Kier molecular flexibility index (Phi) is 3.46. The molecule has 1 heterocycles. The van der Waals surface area contributed by atoms with Gasteiger partial charge in [-0.2, -0.15) is 0 Å². The first-order valence-corrected chi connectivity index (χ1v) is 6.42. The molecule has 0 bridgehead atoms. The number of hydrogen-bond donors (Lipinski definition) is 1. The topological polar surface area (TPSA) is 89.0 Å². The van der Waals surface area contributed by atoms with E-state index in [-0.39, 0.29) is 12.3 Å². The highest BCUT2D eigenvalue weighted by atomic mass is 32.2. The van der Waals surface area contributed by atoms with E-state index < -0.39 is 21.1 Å². The van der Waals surface area contributed by atoms with Crippen LogP contribution >= 0.6 is 0 Å². The van der Waals surface area contributed by atoms with Crippen molar-refractivity contribution in [2.24, 2.45) is 0 Å². The van der Waals surface area contributed by atoms with E-state index in [1.54, 1.807) is 0 Å². The molecular weight excluding hydrogens is 220 g/mol. The summed E-state index contributed by atoms with van der Waals surface area (Å²) in [6.45, 7) is 0.280. The summed E-state index contributed by atoms with van der Waals surface area (Å²) < 4.78 is 22.9. The van der Waals surface area contributed by atoms with Crippen molar-refractivity contribution in [3.8, 4) is 0 Å². The SMILES string of the molecule is CS(=O)(=O)CCCn1ccc(=O)[nH]c1=O. The van der Waals surface area contributed by atoms with Gasteiger partial charge in [-0.3, -0.25) is 9.78 Å². The van der Waals surface area contributed by atoms with Crippen LogP contribution in [0, 0.1) is 0 Å². The molecule has 0 atom stereocenters. The second-order valence-corrected chi connectivity index (χ2v) is 5.55. The summed E-state index contributed by atoms with van der Waals surface area (Å²) in [5.74, 6) is 0.0264. The predicted molar refractivity (Wildman–Crippen MR) is 55.7 cm³/mol. The number of aromatic nitrogens is 2. The molecule has 0 aliphatic rings. The van der Waals surface area contributed by atoms with Gasteiger partial charge in [0, 0.05) is 25.1 Å². The molecule has 6 nitrogen and oxygen atoms in total. The summed E-state index contributed by atoms with van der Waals surface area (Å²) in [7, 11) is -3.00. The lowest BCUT2D eigenvalue weighted by Gasteiger charge is -2.02. The first-order chi connectivity index (χ1) is 6.88. The number of rotatable bonds is 4. The number of nitrogens with one attached hydrogen (secondary N) is 1. The van der Waals surface area contributed by atoms with Gasteiger partial charge in [-0.05, 0) is 6.42 Å². The van der Waals surface area contributed by atoms with Crippen molar-refractivity contribution in [1.82, 2.24) is 9.55 Å². The van der Waals surface area contributed by atoms with Gasteiger partial charge in [0.15, 0.2) is 0 Å². The normalized spacial score (nSPS) is 11.5. The van der Waals surface area contributed by atoms with Gasteiger partial charge < -0.3 is 4.57 Å². The van der Waals surface area contributed by atoms with Crippen LogP contribution in [0.3, 0.4) is 0 Å². The summed E-state index contributed by atoms with van der Waals surface area (Å²) in [6.07, 6.45) is 2.84. The molecule has 0 saturated carbocycles. The number of aromatic amines is 1. The summed E-state index contributed by atoms with van der Waals surface area (Å²) in [4.78, 5) is 24.0. The molecule has 0 aliphatic heterocycles. The Morgan fingerprint density at radius 2 is 2.07 bits per heavy atom. The Morgan fingerprint density at radius 1 is 1.40 bits per heavy atom. The second kappa shape index (κ2) is 4.43. The Morgan fingerprint density at radius 3 is 2.60 bits per heavy atom. The zero-order valence-corrected chi connectivity index (χ0v) is 9.08. The number of nitrogens with zero attached hydrogens (tertiary/aromatic N) is 1. The highest BCUT2D eigenvalue weighted by Gasteiger charge is 2.02. The van der Waals surface area contributed by atoms with Crippen molar-refractivity contribution in [2.45, 2.75) is 13.0 Å². The minimum Gasteiger partial charge on any atom is -0.301 e. The van der Waals surface area contributed by atoms with E-state index in [9.17, 15) is 18.0 Å². The van der Waals surface area contributed by atoms with Crippen LogP contribution < -0.4 is 11.2 Å². The number of hydrogen-bond acceptors (Lipinski definition) is 4. The lowest BCUT2D eigenvalue weighted by molar-refractivity contribution is 0.586. The lowest BCUT2D eigenvalue weighted by atomic mass is 10.4. The fourth-order valence-corrected chi connectivity index (χ4v) is 1.77. The van der Waals surface area contributed by atoms with Crippen molar-refractivity contribution in [1.29, 1.82) is 0 Å². The Labute approximate surface area is 86.5 Å². The average molecular weight is 232 g/mol. The van der Waals surface area contributed by atoms with E-state index in [2.05, 4.69) is 4.98 Å². The van der Waals surface area contributed by atoms with Crippen LogP contribution in [-0.4, -0.2) is 30.0 Å². The number of aryl methyl sites for hydroxylation is 1. The van der Waals surface area contributed by atoms with Crippen LogP contribution in [0.2, 0.25) is 0 Å². The summed E-state index contributed by atoms with van der Waals surface area (Å²) in [6, 6.07) is 1.22. The van der Waals surface area contributed by atoms with Crippen LogP contribution in [0.1, 0.15) is 6.42 Å². The van der Waals surface area contributed by atoms with Crippen LogP contribution in [0.5, 0.6) is 0 Å². The van der Waals surface area contributed by atoms with Crippen LogP contribution in [0.15, 0.2) is 21.9 Å². The molecule has 1 aromatic heterocycles. The first kappa shape index (κ1) is 11.7. The molecular formula is C8H12N2O4S. The quantitative estimate of drug-likeness (QED) is 0.719. The standard InChI is InChI=1S/C8H12N2O4S/c1-15(13,14)6-2-4-10-5-3-7(11)9-8(10)12/h3,5H,2,4,6H2,1H3,(H,9,11,12). The van der Waals surface area contributed by atoms with Crippen molar-refractivity contribution >= 4 is 9.84 Å². The monoisotopic (exact) mass is 232 g/mol. The van der Waals surface area contributed by atoms with Gasteiger partial charge in [0.05, 0.1) is 5.75 Å². The molecule has 0 radical (unpaired) electrons. The van der Waals surface area contributed by atoms with E-state index in [0.29, 0.717) is 6.42 Å².